The molecule has 0 saturated carbocycles. The predicted molar refractivity (Wildman–Crippen MR) is 135 cm³/mol. The average Bonchev–Trinajstić information content (AvgIpc) is 3.33. The van der Waals surface area contributed by atoms with E-state index in [2.05, 4.69) is 6.07 Å². The van der Waals surface area contributed by atoms with Crippen LogP contribution in [0.15, 0.2) is 59.6 Å². The van der Waals surface area contributed by atoms with Gasteiger partial charge in [-0.05, 0) is 62.2 Å². The van der Waals surface area contributed by atoms with Gasteiger partial charge in [0.1, 0.15) is 15.8 Å². The number of hydrogen-bond acceptors (Lipinski definition) is 5. The van der Waals surface area contributed by atoms with Crippen molar-refractivity contribution in [3.8, 4) is 22.7 Å². The second kappa shape index (κ2) is 9.71. The molecule has 7 heteroatoms. The molecule has 0 atom stereocenters. The van der Waals surface area contributed by atoms with E-state index >= 15 is 0 Å². The number of hydrogen-bond donors (Lipinski definition) is 0. The first kappa shape index (κ1) is 22.3. The van der Waals surface area contributed by atoms with Crippen LogP contribution < -0.4 is 4.74 Å². The summed E-state index contributed by atoms with van der Waals surface area (Å²) in [6, 6.07) is 16.0. The number of carbonyl (C=O) groups excluding carboxylic acids is 1. The maximum Gasteiger partial charge on any atom is 0.266 e. The van der Waals surface area contributed by atoms with Gasteiger partial charge in [0.25, 0.3) is 5.91 Å². The fourth-order valence-electron chi connectivity index (χ4n) is 3.60. The lowest BCUT2D eigenvalue weighted by molar-refractivity contribution is -0.122. The molecule has 32 heavy (non-hydrogen) atoms. The molecule has 4 rings (SSSR count). The summed E-state index contributed by atoms with van der Waals surface area (Å²) in [6.45, 7) is 7.29. The Kier molecular flexibility index (Phi) is 6.77. The summed E-state index contributed by atoms with van der Waals surface area (Å²) in [6.07, 6.45) is 4.73. The molecule has 164 valence electrons. The Balaban J connectivity index is 1.80. The Morgan fingerprint density at radius 1 is 1.16 bits per heavy atom. The van der Waals surface area contributed by atoms with Crippen LogP contribution >= 0.6 is 24.0 Å². The van der Waals surface area contributed by atoms with E-state index in [1.165, 1.54) is 11.8 Å². The highest BCUT2D eigenvalue weighted by Crippen LogP contribution is 2.35. The van der Waals surface area contributed by atoms with E-state index in [9.17, 15) is 4.79 Å². The molecule has 5 nitrogen and oxygen atoms in total. The number of carbonyl (C=O) groups is 1. The normalized spacial score (nSPS) is 15.1. The Labute approximate surface area is 198 Å². The third-order valence-electron chi connectivity index (χ3n) is 5.12. The highest BCUT2D eigenvalue weighted by molar-refractivity contribution is 8.26. The molecule has 0 unspecified atom stereocenters. The van der Waals surface area contributed by atoms with Gasteiger partial charge in [0.2, 0.25) is 0 Å². The quantitative estimate of drug-likeness (QED) is 0.325. The lowest BCUT2D eigenvalue weighted by Crippen LogP contribution is -2.28. The summed E-state index contributed by atoms with van der Waals surface area (Å²) in [4.78, 5) is 15.2. The zero-order valence-electron chi connectivity index (χ0n) is 18.4. The maximum absolute atomic E-state index is 12.9. The lowest BCUT2D eigenvalue weighted by atomic mass is 10.0. The molecule has 0 aliphatic carbocycles. The largest absolute Gasteiger partial charge is 0.494 e. The van der Waals surface area contributed by atoms with E-state index in [-0.39, 0.29) is 5.91 Å². The van der Waals surface area contributed by atoms with Gasteiger partial charge in [0.05, 0.1) is 17.2 Å². The van der Waals surface area contributed by atoms with E-state index < -0.39 is 0 Å². The van der Waals surface area contributed by atoms with Crippen molar-refractivity contribution in [2.45, 2.75) is 27.2 Å². The molecular weight excluding hydrogens is 438 g/mol. The van der Waals surface area contributed by atoms with Crippen molar-refractivity contribution >= 4 is 40.3 Å². The second-order valence-electron chi connectivity index (χ2n) is 7.46. The third-order valence-corrected chi connectivity index (χ3v) is 6.50. The minimum absolute atomic E-state index is 0.0388. The minimum atomic E-state index is -0.0388. The van der Waals surface area contributed by atoms with Crippen LogP contribution in [0.5, 0.6) is 5.75 Å². The van der Waals surface area contributed by atoms with Crippen LogP contribution in [-0.2, 0) is 4.79 Å². The van der Waals surface area contributed by atoms with E-state index in [1.54, 1.807) is 4.90 Å². The molecule has 2 aromatic carbocycles. The van der Waals surface area contributed by atoms with Crippen molar-refractivity contribution in [3.05, 3.63) is 70.8 Å². The fourth-order valence-corrected chi connectivity index (χ4v) is 4.90. The molecule has 1 fully saturated rings. The van der Waals surface area contributed by atoms with Gasteiger partial charge in [-0.25, -0.2) is 4.68 Å². The number of thiocarbonyl (C=S) groups is 1. The van der Waals surface area contributed by atoms with Crippen LogP contribution in [0.4, 0.5) is 0 Å². The SMILES string of the molecule is CCCN1C(=O)/C(=C/c2cn(-c3ccccc3)nc2-c2ccc(OCC)c(C)c2)SC1=S. The topological polar surface area (TPSA) is 47.4 Å². The summed E-state index contributed by atoms with van der Waals surface area (Å²) >= 11 is 6.78. The first-order valence-corrected chi connectivity index (χ1v) is 11.9. The van der Waals surface area contributed by atoms with Crippen molar-refractivity contribution in [1.82, 2.24) is 14.7 Å². The van der Waals surface area contributed by atoms with Gasteiger partial charge in [0, 0.05) is 23.9 Å². The summed E-state index contributed by atoms with van der Waals surface area (Å²) in [5, 5.41) is 4.87. The van der Waals surface area contributed by atoms with Crippen LogP contribution in [0.25, 0.3) is 23.0 Å². The molecule has 1 saturated heterocycles. The second-order valence-corrected chi connectivity index (χ2v) is 9.14. The standard InChI is InChI=1S/C25H25N3O2S2/c1-4-13-27-24(29)22(32-25(27)31)15-19-16-28(20-9-7-6-8-10-20)26-23(19)18-11-12-21(30-5-2)17(3)14-18/h6-12,14-16H,4-5,13H2,1-3H3/b22-15-. The van der Waals surface area contributed by atoms with E-state index in [1.807, 2.05) is 80.2 Å². The summed E-state index contributed by atoms with van der Waals surface area (Å²) in [5.74, 6) is 0.823. The average molecular weight is 464 g/mol. The molecule has 2 heterocycles. The Bertz CT molecular complexity index is 1190. The lowest BCUT2D eigenvalue weighted by Gasteiger charge is -2.11. The predicted octanol–water partition coefficient (Wildman–Crippen LogP) is 5.86. The number of thioether (sulfide) groups is 1. The van der Waals surface area contributed by atoms with E-state index in [0.29, 0.717) is 22.4 Å². The molecular formula is C25H25N3O2S2. The smallest absolute Gasteiger partial charge is 0.266 e. The van der Waals surface area contributed by atoms with Crippen molar-refractivity contribution < 1.29 is 9.53 Å². The van der Waals surface area contributed by atoms with Gasteiger partial charge >= 0.3 is 0 Å². The molecule has 1 amide bonds. The molecule has 3 aromatic rings. The number of nitrogens with zero attached hydrogens (tertiary/aromatic N) is 3. The first-order chi connectivity index (χ1) is 15.5. The molecule has 1 aromatic heterocycles. The zero-order chi connectivity index (χ0) is 22.7. The Morgan fingerprint density at radius 2 is 1.94 bits per heavy atom. The minimum Gasteiger partial charge on any atom is -0.494 e. The van der Waals surface area contributed by atoms with Crippen LogP contribution in [-0.4, -0.2) is 38.1 Å². The molecule has 0 bridgehead atoms. The highest BCUT2D eigenvalue weighted by Gasteiger charge is 2.31. The maximum atomic E-state index is 12.9. The number of benzene rings is 2. The third kappa shape index (κ3) is 4.49. The van der Waals surface area contributed by atoms with E-state index in [4.69, 9.17) is 22.1 Å². The van der Waals surface area contributed by atoms with Crippen molar-refractivity contribution in [2.24, 2.45) is 0 Å². The fraction of sp³-hybridized carbons (Fsp3) is 0.240. The molecule has 0 spiro atoms. The number of amides is 1. The van der Waals surface area contributed by atoms with Crippen LogP contribution in [0.3, 0.4) is 0 Å². The van der Waals surface area contributed by atoms with E-state index in [0.717, 1.165) is 40.2 Å². The molecule has 0 radical (unpaired) electrons. The number of aryl methyl sites for hydroxylation is 1. The van der Waals surface area contributed by atoms with Crippen molar-refractivity contribution in [3.63, 3.8) is 0 Å². The van der Waals surface area contributed by atoms with Gasteiger partial charge in [-0.15, -0.1) is 0 Å². The highest BCUT2D eigenvalue weighted by atomic mass is 32.2. The summed E-state index contributed by atoms with van der Waals surface area (Å²) in [7, 11) is 0. The number of ether oxygens (including phenoxy) is 1. The van der Waals surface area contributed by atoms with Gasteiger partial charge in [-0.1, -0.05) is 49.1 Å². The van der Waals surface area contributed by atoms with Crippen molar-refractivity contribution in [2.75, 3.05) is 13.2 Å². The molecule has 1 aliphatic rings. The molecule has 0 N–H and O–H groups in total. The van der Waals surface area contributed by atoms with Gasteiger partial charge in [0.15, 0.2) is 0 Å². The van der Waals surface area contributed by atoms with Gasteiger partial charge < -0.3 is 4.74 Å². The van der Waals surface area contributed by atoms with Gasteiger partial charge in [-0.2, -0.15) is 5.10 Å². The number of aromatic nitrogens is 2. The van der Waals surface area contributed by atoms with Crippen LogP contribution in [0.2, 0.25) is 0 Å². The number of rotatable bonds is 7. The van der Waals surface area contributed by atoms with Crippen LogP contribution in [0.1, 0.15) is 31.4 Å². The monoisotopic (exact) mass is 463 g/mol. The summed E-state index contributed by atoms with van der Waals surface area (Å²) in [5.41, 5.74) is 4.64. The van der Waals surface area contributed by atoms with Gasteiger partial charge in [-0.3, -0.25) is 9.69 Å². The van der Waals surface area contributed by atoms with Crippen LogP contribution in [0, 0.1) is 6.92 Å². The Morgan fingerprint density at radius 3 is 2.62 bits per heavy atom. The Hall–Kier alpha value is -2.90. The van der Waals surface area contributed by atoms with Crippen molar-refractivity contribution in [1.29, 1.82) is 0 Å². The zero-order valence-corrected chi connectivity index (χ0v) is 20.0. The summed E-state index contributed by atoms with van der Waals surface area (Å²) < 4.78 is 8.15. The molecule has 1 aliphatic heterocycles. The number of para-hydroxylation sites is 1. The first-order valence-electron chi connectivity index (χ1n) is 10.7.